The van der Waals surface area contributed by atoms with Crippen molar-refractivity contribution < 1.29 is 14.7 Å². The van der Waals surface area contributed by atoms with Crippen LogP contribution in [-0.2, 0) is 9.59 Å². The van der Waals surface area contributed by atoms with Gasteiger partial charge in [-0.1, -0.05) is 13.0 Å². The second-order valence-electron chi connectivity index (χ2n) is 2.99. The van der Waals surface area contributed by atoms with Crippen molar-refractivity contribution in [2.24, 2.45) is 10.9 Å². The maximum atomic E-state index is 10.4. The fraction of sp³-hybridized carbons (Fsp3) is 0.444. The van der Waals surface area contributed by atoms with E-state index < -0.39 is 5.97 Å². The lowest BCUT2D eigenvalue weighted by molar-refractivity contribution is -0.136. The van der Waals surface area contributed by atoms with Gasteiger partial charge in [0.05, 0.1) is 12.1 Å². The van der Waals surface area contributed by atoms with E-state index in [-0.39, 0.29) is 12.3 Å². The van der Waals surface area contributed by atoms with Crippen LogP contribution in [0.15, 0.2) is 16.8 Å². The molecule has 4 heteroatoms. The number of aldehydes is 1. The molecule has 1 rings (SSSR count). The molecule has 1 atom stereocenters. The minimum Gasteiger partial charge on any atom is -0.481 e. The van der Waals surface area contributed by atoms with E-state index in [0.29, 0.717) is 17.8 Å². The van der Waals surface area contributed by atoms with E-state index in [4.69, 9.17) is 5.11 Å². The number of carbonyl (C=O) groups is 2. The SMILES string of the molecule is CC1C=C(CCC(=O)O)N=C1C=O. The Kier molecular flexibility index (Phi) is 2.95. The number of carbonyl (C=O) groups excluding carboxylic acids is 1. The molecule has 0 amide bonds. The quantitative estimate of drug-likeness (QED) is 0.658. The molecule has 4 nitrogen and oxygen atoms in total. The van der Waals surface area contributed by atoms with Gasteiger partial charge in [0.2, 0.25) is 0 Å². The van der Waals surface area contributed by atoms with E-state index >= 15 is 0 Å². The van der Waals surface area contributed by atoms with Crippen LogP contribution in [0.4, 0.5) is 0 Å². The second-order valence-corrected chi connectivity index (χ2v) is 2.99. The predicted molar refractivity (Wildman–Crippen MR) is 47.6 cm³/mol. The molecule has 0 aromatic heterocycles. The number of aliphatic imine (C=N–C) groups is 1. The summed E-state index contributed by atoms with van der Waals surface area (Å²) in [6, 6.07) is 0. The van der Waals surface area contributed by atoms with E-state index in [9.17, 15) is 9.59 Å². The molecule has 0 saturated heterocycles. The maximum Gasteiger partial charge on any atom is 0.303 e. The number of hydrogen-bond donors (Lipinski definition) is 1. The minimum absolute atomic E-state index is 0.0290. The van der Waals surface area contributed by atoms with E-state index in [1.54, 1.807) is 0 Å². The fourth-order valence-electron chi connectivity index (χ4n) is 1.19. The lowest BCUT2D eigenvalue weighted by Gasteiger charge is -1.92. The standard InChI is InChI=1S/C9H11NO3/c1-6-4-7(2-3-9(12)13)10-8(6)5-11/h4-6H,2-3H2,1H3,(H,12,13). The van der Waals surface area contributed by atoms with Crippen molar-refractivity contribution in [2.45, 2.75) is 19.8 Å². The Hall–Kier alpha value is -1.45. The molecule has 0 aromatic carbocycles. The molecule has 13 heavy (non-hydrogen) atoms. The monoisotopic (exact) mass is 181 g/mol. The number of allylic oxidation sites excluding steroid dienone is 2. The van der Waals surface area contributed by atoms with Crippen LogP contribution >= 0.6 is 0 Å². The fourth-order valence-corrected chi connectivity index (χ4v) is 1.19. The van der Waals surface area contributed by atoms with Crippen LogP contribution in [0.5, 0.6) is 0 Å². The van der Waals surface area contributed by atoms with Crippen LogP contribution in [-0.4, -0.2) is 23.1 Å². The van der Waals surface area contributed by atoms with Crippen LogP contribution in [0.2, 0.25) is 0 Å². The zero-order valence-electron chi connectivity index (χ0n) is 7.36. The third kappa shape index (κ3) is 2.50. The molecule has 1 unspecified atom stereocenters. The average Bonchev–Trinajstić information content (AvgIpc) is 2.43. The Morgan fingerprint density at radius 3 is 2.92 bits per heavy atom. The number of rotatable bonds is 4. The normalized spacial score (nSPS) is 20.8. The van der Waals surface area contributed by atoms with Gasteiger partial charge >= 0.3 is 5.97 Å². The molecule has 0 fully saturated rings. The summed E-state index contributed by atoms with van der Waals surface area (Å²) in [5.74, 6) is -0.815. The van der Waals surface area contributed by atoms with Gasteiger partial charge in [0.25, 0.3) is 0 Å². The van der Waals surface area contributed by atoms with Crippen molar-refractivity contribution in [3.05, 3.63) is 11.8 Å². The van der Waals surface area contributed by atoms with Gasteiger partial charge in [0.1, 0.15) is 0 Å². The highest BCUT2D eigenvalue weighted by molar-refractivity contribution is 6.30. The van der Waals surface area contributed by atoms with Crippen molar-refractivity contribution in [1.29, 1.82) is 0 Å². The van der Waals surface area contributed by atoms with Crippen molar-refractivity contribution in [3.8, 4) is 0 Å². The number of nitrogens with zero attached hydrogens (tertiary/aromatic N) is 1. The van der Waals surface area contributed by atoms with Gasteiger partial charge in [0, 0.05) is 11.6 Å². The molecule has 1 aliphatic heterocycles. The van der Waals surface area contributed by atoms with E-state index in [1.807, 2.05) is 13.0 Å². The first-order chi connectivity index (χ1) is 6.13. The van der Waals surface area contributed by atoms with Gasteiger partial charge in [0.15, 0.2) is 6.29 Å². The van der Waals surface area contributed by atoms with E-state index in [1.165, 1.54) is 0 Å². The highest BCUT2D eigenvalue weighted by Gasteiger charge is 2.16. The van der Waals surface area contributed by atoms with Gasteiger partial charge < -0.3 is 5.11 Å². The van der Waals surface area contributed by atoms with E-state index in [2.05, 4.69) is 4.99 Å². The molecule has 0 aliphatic carbocycles. The number of hydrogen-bond acceptors (Lipinski definition) is 3. The van der Waals surface area contributed by atoms with Gasteiger partial charge in [-0.3, -0.25) is 14.6 Å². The highest BCUT2D eigenvalue weighted by atomic mass is 16.4. The number of carboxylic acid groups (broad SMARTS) is 1. The Morgan fingerprint density at radius 1 is 1.77 bits per heavy atom. The molecular formula is C9H11NO3. The van der Waals surface area contributed by atoms with Crippen LogP contribution in [0.1, 0.15) is 19.8 Å². The summed E-state index contributed by atoms with van der Waals surface area (Å²) in [6.07, 6.45) is 3.01. The largest absolute Gasteiger partial charge is 0.481 e. The van der Waals surface area contributed by atoms with Crippen LogP contribution in [0.25, 0.3) is 0 Å². The Balaban J connectivity index is 2.54. The minimum atomic E-state index is -0.844. The molecule has 0 spiro atoms. The lowest BCUT2D eigenvalue weighted by Crippen LogP contribution is -2.05. The lowest BCUT2D eigenvalue weighted by atomic mass is 10.1. The third-order valence-corrected chi connectivity index (χ3v) is 1.90. The van der Waals surface area contributed by atoms with Crippen LogP contribution < -0.4 is 0 Å². The molecule has 1 heterocycles. The van der Waals surface area contributed by atoms with Gasteiger partial charge in [-0.2, -0.15) is 0 Å². The Morgan fingerprint density at radius 2 is 2.46 bits per heavy atom. The third-order valence-electron chi connectivity index (χ3n) is 1.90. The molecular weight excluding hydrogens is 170 g/mol. The highest BCUT2D eigenvalue weighted by Crippen LogP contribution is 2.19. The van der Waals surface area contributed by atoms with E-state index in [0.717, 1.165) is 6.29 Å². The molecule has 0 saturated carbocycles. The summed E-state index contributed by atoms with van der Waals surface area (Å²) >= 11 is 0. The van der Waals surface area contributed by atoms with Gasteiger partial charge in [-0.05, 0) is 6.42 Å². The Bertz CT molecular complexity index is 291. The molecule has 0 bridgehead atoms. The number of carboxylic acids is 1. The summed E-state index contributed by atoms with van der Waals surface area (Å²) < 4.78 is 0. The maximum absolute atomic E-state index is 10.4. The first kappa shape index (κ1) is 9.64. The van der Waals surface area contributed by atoms with Crippen molar-refractivity contribution in [2.75, 3.05) is 0 Å². The summed E-state index contributed by atoms with van der Waals surface area (Å²) in [5, 5.41) is 8.42. The smallest absolute Gasteiger partial charge is 0.303 e. The first-order valence-corrected chi connectivity index (χ1v) is 4.09. The Labute approximate surface area is 76.0 Å². The summed E-state index contributed by atoms with van der Waals surface area (Å²) in [5.41, 5.74) is 1.19. The molecule has 0 radical (unpaired) electrons. The molecule has 70 valence electrons. The number of aliphatic carboxylic acids is 1. The second kappa shape index (κ2) is 3.98. The predicted octanol–water partition coefficient (Wildman–Crippen LogP) is 1.02. The molecule has 1 N–H and O–H groups in total. The average molecular weight is 181 g/mol. The van der Waals surface area contributed by atoms with Crippen molar-refractivity contribution in [1.82, 2.24) is 0 Å². The zero-order chi connectivity index (χ0) is 9.84. The summed E-state index contributed by atoms with van der Waals surface area (Å²) in [4.78, 5) is 24.7. The van der Waals surface area contributed by atoms with Crippen LogP contribution in [0.3, 0.4) is 0 Å². The summed E-state index contributed by atoms with van der Waals surface area (Å²) in [6.45, 7) is 1.86. The van der Waals surface area contributed by atoms with Gasteiger partial charge in [-0.25, -0.2) is 0 Å². The topological polar surface area (TPSA) is 66.7 Å². The first-order valence-electron chi connectivity index (χ1n) is 4.09. The summed E-state index contributed by atoms with van der Waals surface area (Å²) in [7, 11) is 0. The zero-order valence-corrected chi connectivity index (χ0v) is 7.36. The van der Waals surface area contributed by atoms with Crippen LogP contribution in [0, 0.1) is 5.92 Å². The van der Waals surface area contributed by atoms with Gasteiger partial charge in [-0.15, -0.1) is 0 Å². The molecule has 1 aliphatic rings. The van der Waals surface area contributed by atoms with Crippen molar-refractivity contribution >= 4 is 18.0 Å². The molecule has 0 aromatic rings. The van der Waals surface area contributed by atoms with Crippen molar-refractivity contribution in [3.63, 3.8) is 0 Å².